The zero-order valence-corrected chi connectivity index (χ0v) is 19.1. The molecule has 1 atom stereocenters. The molecule has 0 bridgehead atoms. The van der Waals surface area contributed by atoms with Gasteiger partial charge < -0.3 is 10.0 Å². The van der Waals surface area contributed by atoms with E-state index in [9.17, 15) is 9.90 Å². The maximum atomic E-state index is 13.0. The molecule has 0 radical (unpaired) electrons. The molecular formula is C29H32N2O2. The van der Waals surface area contributed by atoms with Crippen LogP contribution >= 0.6 is 0 Å². The number of carbonyl (C=O) groups is 1. The van der Waals surface area contributed by atoms with Crippen molar-refractivity contribution in [1.82, 2.24) is 9.80 Å². The number of unbranched alkanes of at least 4 members (excludes halogenated alkanes) is 3. The zero-order valence-electron chi connectivity index (χ0n) is 19.1. The number of benzene rings is 3. The van der Waals surface area contributed by atoms with Gasteiger partial charge in [0.15, 0.2) is 6.23 Å². The van der Waals surface area contributed by atoms with Gasteiger partial charge >= 0.3 is 0 Å². The topological polar surface area (TPSA) is 43.8 Å². The summed E-state index contributed by atoms with van der Waals surface area (Å²) in [6, 6.07) is 22.4. The van der Waals surface area contributed by atoms with Gasteiger partial charge in [-0.25, -0.2) is 0 Å². The summed E-state index contributed by atoms with van der Waals surface area (Å²) in [4.78, 5) is 17.2. The molecule has 2 aliphatic rings. The Balaban J connectivity index is 1.07. The third-order valence-electron chi connectivity index (χ3n) is 7.06. The van der Waals surface area contributed by atoms with Gasteiger partial charge in [-0.1, -0.05) is 79.6 Å². The van der Waals surface area contributed by atoms with E-state index in [1.54, 1.807) is 4.90 Å². The van der Waals surface area contributed by atoms with E-state index in [4.69, 9.17) is 0 Å². The number of hydrogen-bond acceptors (Lipinski definition) is 3. The van der Waals surface area contributed by atoms with Crippen molar-refractivity contribution < 1.29 is 9.90 Å². The summed E-state index contributed by atoms with van der Waals surface area (Å²) < 4.78 is 0. The summed E-state index contributed by atoms with van der Waals surface area (Å²) in [7, 11) is 0. The average molecular weight is 441 g/mol. The van der Waals surface area contributed by atoms with Crippen molar-refractivity contribution in [2.75, 3.05) is 26.2 Å². The first kappa shape index (κ1) is 21.9. The molecule has 0 aromatic heterocycles. The van der Waals surface area contributed by atoms with Gasteiger partial charge in [-0.05, 0) is 48.4 Å². The molecule has 3 aromatic rings. The molecule has 3 aromatic carbocycles. The number of nitrogens with zero attached hydrogens (tertiary/aromatic N) is 2. The number of hydrogen-bond donors (Lipinski definition) is 1. The zero-order chi connectivity index (χ0) is 22.6. The highest BCUT2D eigenvalue weighted by Gasteiger charge is 2.32. The van der Waals surface area contributed by atoms with Crippen molar-refractivity contribution in [1.29, 1.82) is 0 Å². The van der Waals surface area contributed by atoms with Crippen molar-refractivity contribution in [2.45, 2.75) is 38.3 Å². The van der Waals surface area contributed by atoms with E-state index in [2.05, 4.69) is 41.3 Å². The van der Waals surface area contributed by atoms with Crippen molar-refractivity contribution in [3.8, 4) is 0 Å². The number of aliphatic hydroxyl groups excluding tert-OH is 1. The Kier molecular flexibility index (Phi) is 6.56. The predicted molar refractivity (Wildman–Crippen MR) is 134 cm³/mol. The molecule has 1 N–H and O–H groups in total. The maximum Gasteiger partial charge on any atom is 0.256 e. The first-order valence-corrected chi connectivity index (χ1v) is 12.2. The van der Waals surface area contributed by atoms with Gasteiger partial charge in [0.1, 0.15) is 0 Å². The van der Waals surface area contributed by atoms with Crippen LogP contribution in [0.5, 0.6) is 0 Å². The first-order valence-electron chi connectivity index (χ1n) is 12.2. The van der Waals surface area contributed by atoms with Crippen LogP contribution in [0.25, 0.3) is 16.3 Å². The number of carbonyl (C=O) groups excluding carboxylic acids is 1. The van der Waals surface area contributed by atoms with Crippen LogP contribution in [0.4, 0.5) is 0 Å². The van der Waals surface area contributed by atoms with Gasteiger partial charge in [-0.3, -0.25) is 9.69 Å². The summed E-state index contributed by atoms with van der Waals surface area (Å²) in [6.45, 7) is 3.88. The molecule has 0 saturated carbocycles. The third kappa shape index (κ3) is 4.59. The van der Waals surface area contributed by atoms with Gasteiger partial charge in [-0.2, -0.15) is 0 Å². The van der Waals surface area contributed by atoms with Crippen LogP contribution in [0.15, 0.2) is 72.8 Å². The molecule has 0 fully saturated rings. The third-order valence-corrected chi connectivity index (χ3v) is 7.06. The monoisotopic (exact) mass is 440 g/mol. The minimum Gasteiger partial charge on any atom is -0.369 e. The summed E-state index contributed by atoms with van der Waals surface area (Å²) in [5.74, 6) is -0.0545. The molecule has 1 unspecified atom stereocenters. The average Bonchev–Trinajstić information content (AvgIpc) is 2.87. The second-order valence-electron chi connectivity index (χ2n) is 9.18. The highest BCUT2D eigenvalue weighted by molar-refractivity contribution is 6.10. The van der Waals surface area contributed by atoms with Crippen molar-refractivity contribution >= 4 is 22.3 Å². The molecule has 33 heavy (non-hydrogen) atoms. The lowest BCUT2D eigenvalue weighted by molar-refractivity contribution is 0.00418. The smallest absolute Gasteiger partial charge is 0.256 e. The summed E-state index contributed by atoms with van der Waals surface area (Å²) in [5, 5.41) is 12.8. The Hall–Kier alpha value is -2.95. The quantitative estimate of drug-likeness (QED) is 0.461. The van der Waals surface area contributed by atoms with Crippen molar-refractivity contribution in [3.63, 3.8) is 0 Å². The van der Waals surface area contributed by atoms with Crippen LogP contribution in [0, 0.1) is 0 Å². The molecule has 2 aliphatic heterocycles. The van der Waals surface area contributed by atoms with E-state index in [1.165, 1.54) is 17.6 Å². The minimum absolute atomic E-state index is 0.0545. The van der Waals surface area contributed by atoms with Crippen molar-refractivity contribution in [2.24, 2.45) is 0 Å². The van der Waals surface area contributed by atoms with Gasteiger partial charge in [-0.15, -0.1) is 0 Å². The van der Waals surface area contributed by atoms with Crippen LogP contribution in [-0.2, 0) is 0 Å². The molecule has 0 saturated heterocycles. The van der Waals surface area contributed by atoms with Gasteiger partial charge in [0.05, 0.1) is 0 Å². The van der Waals surface area contributed by atoms with E-state index in [0.29, 0.717) is 12.1 Å². The fourth-order valence-electron chi connectivity index (χ4n) is 5.22. The molecule has 5 rings (SSSR count). The van der Waals surface area contributed by atoms with Crippen LogP contribution < -0.4 is 0 Å². The lowest BCUT2D eigenvalue weighted by Gasteiger charge is -2.33. The van der Waals surface area contributed by atoms with E-state index in [1.807, 2.05) is 36.4 Å². The van der Waals surface area contributed by atoms with Gasteiger partial charge in [0, 0.05) is 36.1 Å². The van der Waals surface area contributed by atoms with Gasteiger partial charge in [0.2, 0.25) is 0 Å². The maximum absolute atomic E-state index is 13.0. The Morgan fingerprint density at radius 2 is 1.61 bits per heavy atom. The second-order valence-corrected chi connectivity index (χ2v) is 9.18. The highest BCUT2D eigenvalue weighted by atomic mass is 16.3. The lowest BCUT2D eigenvalue weighted by atomic mass is 9.93. The molecule has 4 heteroatoms. The summed E-state index contributed by atoms with van der Waals surface area (Å²) >= 11 is 0. The van der Waals surface area contributed by atoms with E-state index >= 15 is 0 Å². The normalized spacial score (nSPS) is 18.6. The molecule has 0 aliphatic carbocycles. The summed E-state index contributed by atoms with van der Waals surface area (Å²) in [6.07, 6.45) is 6.95. The van der Waals surface area contributed by atoms with Crippen LogP contribution in [0.1, 0.15) is 59.8 Å². The fraction of sp³-hybridized carbons (Fsp3) is 0.345. The van der Waals surface area contributed by atoms with Crippen LogP contribution in [0.2, 0.25) is 0 Å². The van der Waals surface area contributed by atoms with Crippen molar-refractivity contribution in [3.05, 3.63) is 89.5 Å². The summed E-state index contributed by atoms with van der Waals surface area (Å²) in [5.41, 5.74) is 4.37. The highest BCUT2D eigenvalue weighted by Crippen LogP contribution is 2.35. The molecule has 170 valence electrons. The number of rotatable bonds is 8. The minimum atomic E-state index is -0.852. The lowest BCUT2D eigenvalue weighted by Crippen LogP contribution is -2.38. The Morgan fingerprint density at radius 3 is 2.36 bits per heavy atom. The standard InChI is InChI=1S/C29H32N2O2/c32-28-25-14-8-12-24-13-9-15-26(27(24)25)29(33)31(28)19-7-2-1-6-18-30-20-16-23(17-21-30)22-10-4-3-5-11-22/h3-5,8-16,28,32H,1-2,6-7,17-21H2. The number of amides is 1. The Morgan fingerprint density at radius 1 is 0.848 bits per heavy atom. The SMILES string of the molecule is O=C1c2cccc3cccc(c23)C(O)N1CCCCCCN1CC=C(c2ccccc2)CC1. The van der Waals surface area contributed by atoms with E-state index in [0.717, 1.165) is 61.7 Å². The van der Waals surface area contributed by atoms with Gasteiger partial charge in [0.25, 0.3) is 5.91 Å². The largest absolute Gasteiger partial charge is 0.369 e. The molecule has 4 nitrogen and oxygen atoms in total. The first-order chi connectivity index (χ1) is 16.2. The predicted octanol–water partition coefficient (Wildman–Crippen LogP) is 5.64. The Labute approximate surface area is 196 Å². The van der Waals surface area contributed by atoms with Crippen LogP contribution in [-0.4, -0.2) is 47.0 Å². The molecule has 0 spiro atoms. The molecule has 1 amide bonds. The fourth-order valence-corrected chi connectivity index (χ4v) is 5.22. The molecular weight excluding hydrogens is 408 g/mol. The van der Waals surface area contributed by atoms with Crippen LogP contribution in [0.3, 0.4) is 0 Å². The number of aliphatic hydroxyl groups is 1. The second kappa shape index (κ2) is 9.90. The Bertz CT molecular complexity index is 1150. The van der Waals surface area contributed by atoms with E-state index in [-0.39, 0.29) is 5.91 Å². The van der Waals surface area contributed by atoms with E-state index < -0.39 is 6.23 Å². The molecule has 2 heterocycles.